The van der Waals surface area contributed by atoms with Gasteiger partial charge in [0.05, 0.1) is 6.54 Å². The zero-order valence-electron chi connectivity index (χ0n) is 14.5. The highest BCUT2D eigenvalue weighted by molar-refractivity contribution is 6.39. The summed E-state index contributed by atoms with van der Waals surface area (Å²) >= 11 is 0. The SMILES string of the molecule is Cc1ccc(NC(=O)CNC(=O)C(=O)Nc2ccc(C)c(C)c2)cc1. The number of aryl methyl sites for hydroxylation is 3. The van der Waals surface area contributed by atoms with Crippen LogP contribution in [0.3, 0.4) is 0 Å². The van der Waals surface area contributed by atoms with Crippen LogP contribution in [0.2, 0.25) is 0 Å². The minimum Gasteiger partial charge on any atom is -0.339 e. The van der Waals surface area contributed by atoms with E-state index in [0.717, 1.165) is 16.7 Å². The van der Waals surface area contributed by atoms with Crippen LogP contribution < -0.4 is 16.0 Å². The van der Waals surface area contributed by atoms with E-state index in [0.29, 0.717) is 11.4 Å². The van der Waals surface area contributed by atoms with Gasteiger partial charge in [-0.2, -0.15) is 0 Å². The molecule has 0 aliphatic rings. The molecule has 0 saturated heterocycles. The van der Waals surface area contributed by atoms with Gasteiger partial charge in [0, 0.05) is 11.4 Å². The largest absolute Gasteiger partial charge is 0.339 e. The zero-order chi connectivity index (χ0) is 18.4. The molecule has 6 nitrogen and oxygen atoms in total. The van der Waals surface area contributed by atoms with Crippen molar-refractivity contribution in [2.24, 2.45) is 0 Å². The molecule has 25 heavy (non-hydrogen) atoms. The summed E-state index contributed by atoms with van der Waals surface area (Å²) in [6.07, 6.45) is 0. The molecule has 0 fully saturated rings. The fraction of sp³-hybridized carbons (Fsp3) is 0.211. The molecule has 0 aliphatic carbocycles. The number of amides is 3. The summed E-state index contributed by atoms with van der Waals surface area (Å²) in [5.74, 6) is -2.08. The van der Waals surface area contributed by atoms with Crippen LogP contribution >= 0.6 is 0 Å². The summed E-state index contributed by atoms with van der Waals surface area (Å²) in [5.41, 5.74) is 4.34. The van der Waals surface area contributed by atoms with Gasteiger partial charge in [0.25, 0.3) is 0 Å². The van der Waals surface area contributed by atoms with Crippen LogP contribution in [0.5, 0.6) is 0 Å². The molecular formula is C19H21N3O3. The lowest BCUT2D eigenvalue weighted by Gasteiger charge is -2.09. The first kappa shape index (κ1) is 18.2. The number of carbonyl (C=O) groups excluding carboxylic acids is 3. The molecule has 2 aromatic rings. The molecule has 0 heterocycles. The van der Waals surface area contributed by atoms with Crippen molar-refractivity contribution >= 4 is 29.1 Å². The first-order valence-corrected chi connectivity index (χ1v) is 7.88. The Morgan fingerprint density at radius 3 is 2.04 bits per heavy atom. The molecule has 3 N–H and O–H groups in total. The third-order valence-electron chi connectivity index (χ3n) is 3.72. The maximum atomic E-state index is 11.9. The molecule has 2 aromatic carbocycles. The maximum absolute atomic E-state index is 11.9. The normalized spacial score (nSPS) is 10.0. The lowest BCUT2D eigenvalue weighted by Crippen LogP contribution is -2.39. The molecule has 0 atom stereocenters. The predicted octanol–water partition coefficient (Wildman–Crippen LogP) is 2.31. The topological polar surface area (TPSA) is 87.3 Å². The maximum Gasteiger partial charge on any atom is 0.313 e. The number of anilines is 2. The first-order valence-electron chi connectivity index (χ1n) is 7.88. The molecular weight excluding hydrogens is 318 g/mol. The van der Waals surface area contributed by atoms with Gasteiger partial charge in [-0.05, 0) is 56.2 Å². The lowest BCUT2D eigenvalue weighted by atomic mass is 10.1. The summed E-state index contributed by atoms with van der Waals surface area (Å²) in [4.78, 5) is 35.5. The van der Waals surface area contributed by atoms with E-state index in [1.807, 2.05) is 39.0 Å². The van der Waals surface area contributed by atoms with E-state index < -0.39 is 17.7 Å². The van der Waals surface area contributed by atoms with Crippen LogP contribution in [0.1, 0.15) is 16.7 Å². The molecule has 0 radical (unpaired) electrons. The monoisotopic (exact) mass is 339 g/mol. The minimum absolute atomic E-state index is 0.285. The van der Waals surface area contributed by atoms with Crippen molar-refractivity contribution in [3.05, 3.63) is 59.2 Å². The number of carbonyl (C=O) groups is 3. The van der Waals surface area contributed by atoms with E-state index in [1.165, 1.54) is 0 Å². The predicted molar refractivity (Wildman–Crippen MR) is 97.4 cm³/mol. The van der Waals surface area contributed by atoms with Crippen LogP contribution in [0, 0.1) is 20.8 Å². The summed E-state index contributed by atoms with van der Waals surface area (Å²) in [5, 5.41) is 7.45. The van der Waals surface area contributed by atoms with Crippen LogP contribution in [0.15, 0.2) is 42.5 Å². The molecule has 130 valence electrons. The summed E-state index contributed by atoms with van der Waals surface area (Å²) in [6.45, 7) is 5.54. The molecule has 0 unspecified atom stereocenters. The van der Waals surface area contributed by atoms with E-state index in [4.69, 9.17) is 0 Å². The van der Waals surface area contributed by atoms with Gasteiger partial charge in [0.15, 0.2) is 0 Å². The average Bonchev–Trinajstić information content (AvgIpc) is 2.58. The quantitative estimate of drug-likeness (QED) is 0.747. The van der Waals surface area contributed by atoms with E-state index >= 15 is 0 Å². The van der Waals surface area contributed by atoms with Crippen LogP contribution in [-0.2, 0) is 14.4 Å². The number of rotatable bonds is 4. The van der Waals surface area contributed by atoms with Gasteiger partial charge in [0.2, 0.25) is 5.91 Å². The number of hydrogen-bond donors (Lipinski definition) is 3. The Labute approximate surface area is 146 Å². The van der Waals surface area contributed by atoms with Gasteiger partial charge in [-0.3, -0.25) is 14.4 Å². The number of nitrogens with one attached hydrogen (secondary N) is 3. The first-order chi connectivity index (χ1) is 11.8. The van der Waals surface area contributed by atoms with Crippen molar-refractivity contribution in [2.45, 2.75) is 20.8 Å². The molecule has 2 rings (SSSR count). The minimum atomic E-state index is -0.864. The van der Waals surface area contributed by atoms with Gasteiger partial charge >= 0.3 is 11.8 Å². The molecule has 3 amide bonds. The van der Waals surface area contributed by atoms with Crippen molar-refractivity contribution in [2.75, 3.05) is 17.2 Å². The van der Waals surface area contributed by atoms with Crippen LogP contribution in [0.4, 0.5) is 11.4 Å². The molecule has 0 saturated carbocycles. The number of benzene rings is 2. The van der Waals surface area contributed by atoms with E-state index in [1.54, 1.807) is 24.3 Å². The summed E-state index contributed by atoms with van der Waals surface area (Å²) < 4.78 is 0. The second-order valence-electron chi connectivity index (χ2n) is 5.85. The molecule has 0 aromatic heterocycles. The molecule has 0 aliphatic heterocycles. The Morgan fingerprint density at radius 1 is 0.760 bits per heavy atom. The van der Waals surface area contributed by atoms with Gasteiger partial charge in [-0.1, -0.05) is 23.8 Å². The smallest absolute Gasteiger partial charge is 0.313 e. The fourth-order valence-electron chi connectivity index (χ4n) is 2.09. The lowest BCUT2D eigenvalue weighted by molar-refractivity contribution is -0.136. The van der Waals surface area contributed by atoms with Crippen LogP contribution in [-0.4, -0.2) is 24.3 Å². The highest BCUT2D eigenvalue weighted by Crippen LogP contribution is 2.14. The van der Waals surface area contributed by atoms with Gasteiger partial charge < -0.3 is 16.0 Å². The van der Waals surface area contributed by atoms with Crippen molar-refractivity contribution < 1.29 is 14.4 Å². The molecule has 0 bridgehead atoms. The van der Waals surface area contributed by atoms with Gasteiger partial charge in [-0.25, -0.2) is 0 Å². The Morgan fingerprint density at radius 2 is 1.40 bits per heavy atom. The van der Waals surface area contributed by atoms with Crippen molar-refractivity contribution in [3.63, 3.8) is 0 Å². The van der Waals surface area contributed by atoms with E-state index in [-0.39, 0.29) is 6.54 Å². The summed E-state index contributed by atoms with van der Waals surface area (Å²) in [6, 6.07) is 12.6. The van der Waals surface area contributed by atoms with Crippen LogP contribution in [0.25, 0.3) is 0 Å². The average molecular weight is 339 g/mol. The molecule has 0 spiro atoms. The Bertz CT molecular complexity index is 798. The highest BCUT2D eigenvalue weighted by atomic mass is 16.2. The Hall–Kier alpha value is -3.15. The third-order valence-corrected chi connectivity index (χ3v) is 3.72. The van der Waals surface area contributed by atoms with Crippen molar-refractivity contribution in [3.8, 4) is 0 Å². The van der Waals surface area contributed by atoms with Crippen molar-refractivity contribution in [1.82, 2.24) is 5.32 Å². The Kier molecular flexibility index (Phi) is 5.89. The second kappa shape index (κ2) is 8.10. The second-order valence-corrected chi connectivity index (χ2v) is 5.85. The van der Waals surface area contributed by atoms with E-state index in [2.05, 4.69) is 16.0 Å². The van der Waals surface area contributed by atoms with Gasteiger partial charge in [-0.15, -0.1) is 0 Å². The highest BCUT2D eigenvalue weighted by Gasteiger charge is 2.15. The zero-order valence-corrected chi connectivity index (χ0v) is 14.5. The number of hydrogen-bond acceptors (Lipinski definition) is 3. The summed E-state index contributed by atoms with van der Waals surface area (Å²) in [7, 11) is 0. The Balaban J connectivity index is 1.82. The standard InChI is InChI=1S/C19H21N3O3/c1-12-4-7-15(8-5-12)21-17(23)11-20-18(24)19(25)22-16-9-6-13(2)14(3)10-16/h4-10H,11H2,1-3H3,(H,20,24)(H,21,23)(H,22,25). The molecule has 6 heteroatoms. The van der Waals surface area contributed by atoms with Crippen molar-refractivity contribution in [1.29, 1.82) is 0 Å². The van der Waals surface area contributed by atoms with E-state index in [9.17, 15) is 14.4 Å². The fourth-order valence-corrected chi connectivity index (χ4v) is 2.09. The third kappa shape index (κ3) is 5.46. The van der Waals surface area contributed by atoms with Gasteiger partial charge in [0.1, 0.15) is 0 Å².